The Morgan fingerprint density at radius 2 is 2.14 bits per heavy atom. The van der Waals surface area contributed by atoms with E-state index in [1.807, 2.05) is 6.92 Å². The Kier molecular flexibility index (Phi) is 4.50. The molecule has 4 rings (SSSR count). The van der Waals surface area contributed by atoms with Gasteiger partial charge in [0.15, 0.2) is 17.2 Å². The number of hydrogen-bond acceptors (Lipinski definition) is 8. The van der Waals surface area contributed by atoms with E-state index in [0.717, 1.165) is 0 Å². The van der Waals surface area contributed by atoms with E-state index in [9.17, 15) is 9.59 Å². The predicted molar refractivity (Wildman–Crippen MR) is 98.6 cm³/mol. The fourth-order valence-electron chi connectivity index (χ4n) is 2.60. The molecule has 1 aromatic carbocycles. The van der Waals surface area contributed by atoms with Crippen molar-refractivity contribution in [2.75, 3.05) is 11.9 Å². The van der Waals surface area contributed by atoms with Crippen LogP contribution in [-0.4, -0.2) is 37.2 Å². The van der Waals surface area contributed by atoms with Crippen LogP contribution in [0.2, 0.25) is 0 Å². The lowest BCUT2D eigenvalue weighted by Gasteiger charge is -2.08. The number of anilines is 1. The van der Waals surface area contributed by atoms with Crippen molar-refractivity contribution in [1.29, 1.82) is 0 Å². The number of aromatic nitrogens is 5. The van der Waals surface area contributed by atoms with Crippen LogP contribution in [-0.2, 0) is 0 Å². The second kappa shape index (κ2) is 7.27. The van der Waals surface area contributed by atoms with E-state index in [1.54, 1.807) is 18.2 Å². The molecule has 0 aliphatic carbocycles. The molecular formula is C18H14N6O4. The lowest BCUT2D eigenvalue weighted by molar-refractivity contribution is 0.102. The second-order valence-electron chi connectivity index (χ2n) is 5.61. The Morgan fingerprint density at radius 3 is 2.93 bits per heavy atom. The molecular weight excluding hydrogens is 364 g/mol. The highest BCUT2D eigenvalue weighted by Gasteiger charge is 2.16. The quantitative estimate of drug-likeness (QED) is 0.521. The number of rotatable bonds is 5. The number of fused-ring (bicyclic) bond motifs is 1. The van der Waals surface area contributed by atoms with Gasteiger partial charge in [-0.1, -0.05) is 12.1 Å². The van der Waals surface area contributed by atoms with Gasteiger partial charge in [-0.15, -0.1) is 0 Å². The molecule has 0 atom stereocenters. The minimum Gasteiger partial charge on any atom is -0.490 e. The van der Waals surface area contributed by atoms with Crippen LogP contribution >= 0.6 is 0 Å². The molecule has 0 aliphatic rings. The topological polar surface area (TPSA) is 125 Å². The number of nitrogens with zero attached hydrogens (tertiary/aromatic N) is 5. The summed E-state index contributed by atoms with van der Waals surface area (Å²) in [6.45, 7) is 2.25. The van der Waals surface area contributed by atoms with Crippen LogP contribution in [0, 0.1) is 0 Å². The summed E-state index contributed by atoms with van der Waals surface area (Å²) in [6, 6.07) is 8.14. The van der Waals surface area contributed by atoms with Gasteiger partial charge in [0.2, 0.25) is 0 Å². The summed E-state index contributed by atoms with van der Waals surface area (Å²) in [5.41, 5.74) is -0.633. The summed E-state index contributed by atoms with van der Waals surface area (Å²) in [7, 11) is 0. The summed E-state index contributed by atoms with van der Waals surface area (Å²) in [6.07, 6.45) is 4.09. The minimum absolute atomic E-state index is 0.151. The molecule has 0 bridgehead atoms. The van der Waals surface area contributed by atoms with Gasteiger partial charge in [0.05, 0.1) is 6.61 Å². The molecule has 0 saturated heterocycles. The highest BCUT2D eigenvalue weighted by atomic mass is 16.5. The number of nitrogens with one attached hydrogen (secondary N) is 1. The molecule has 0 aliphatic heterocycles. The summed E-state index contributed by atoms with van der Waals surface area (Å²) < 4.78 is 12.2. The molecule has 0 unspecified atom stereocenters. The number of carbonyl (C=O) groups is 1. The van der Waals surface area contributed by atoms with Crippen LogP contribution in [0.5, 0.6) is 5.75 Å². The molecule has 28 heavy (non-hydrogen) atoms. The third-order valence-corrected chi connectivity index (χ3v) is 3.82. The summed E-state index contributed by atoms with van der Waals surface area (Å²) >= 11 is 0. The molecule has 1 amide bonds. The van der Waals surface area contributed by atoms with E-state index < -0.39 is 11.5 Å². The third kappa shape index (κ3) is 3.30. The first-order valence-corrected chi connectivity index (χ1v) is 8.34. The molecule has 10 heteroatoms. The molecule has 0 radical (unpaired) electrons. The molecule has 10 nitrogen and oxygen atoms in total. The largest absolute Gasteiger partial charge is 0.490 e. The number of hydrogen-bond donors (Lipinski definition) is 1. The number of amides is 1. The van der Waals surface area contributed by atoms with Gasteiger partial charge in [-0.2, -0.15) is 5.10 Å². The summed E-state index contributed by atoms with van der Waals surface area (Å²) in [5, 5.41) is 7.10. The molecule has 0 fully saturated rings. The summed E-state index contributed by atoms with van der Waals surface area (Å²) in [4.78, 5) is 36.8. The number of para-hydroxylation sites is 1. The van der Waals surface area contributed by atoms with Gasteiger partial charge in [-0.25, -0.2) is 24.4 Å². The van der Waals surface area contributed by atoms with Crippen molar-refractivity contribution in [2.24, 2.45) is 0 Å². The molecule has 3 aromatic heterocycles. The highest BCUT2D eigenvalue weighted by molar-refractivity contribution is 6.05. The zero-order chi connectivity index (χ0) is 19.5. The summed E-state index contributed by atoms with van der Waals surface area (Å²) in [5.74, 6) is 0.404. The van der Waals surface area contributed by atoms with Crippen LogP contribution < -0.4 is 15.7 Å². The first kappa shape index (κ1) is 17.3. The van der Waals surface area contributed by atoms with Gasteiger partial charge in [-0.05, 0) is 19.1 Å². The van der Waals surface area contributed by atoms with Crippen molar-refractivity contribution in [1.82, 2.24) is 24.7 Å². The van der Waals surface area contributed by atoms with Crippen molar-refractivity contribution >= 4 is 22.7 Å². The fraction of sp³-hybridized carbons (Fsp3) is 0.111. The first-order valence-electron chi connectivity index (χ1n) is 8.34. The maximum Gasteiger partial charge on any atom is 0.349 e. The normalized spacial score (nSPS) is 10.8. The number of benzene rings is 1. The molecule has 4 aromatic rings. The fourth-order valence-corrected chi connectivity index (χ4v) is 2.60. The smallest absolute Gasteiger partial charge is 0.349 e. The van der Waals surface area contributed by atoms with Gasteiger partial charge >= 0.3 is 5.63 Å². The van der Waals surface area contributed by atoms with Crippen LogP contribution in [0.15, 0.2) is 58.5 Å². The standard InChI is InChI=1S/C18H14N6O4/c1-2-27-13-5-3-4-11-6-12(18(26)28-16(11)13)17(25)23-14-7-15(21-9-20-14)24-10-19-8-22-24/h3-10H,2H2,1H3,(H,20,21,23,25). The number of ether oxygens (including phenoxy) is 1. The van der Waals surface area contributed by atoms with Crippen LogP contribution in [0.4, 0.5) is 5.82 Å². The third-order valence-electron chi connectivity index (χ3n) is 3.82. The van der Waals surface area contributed by atoms with Crippen molar-refractivity contribution in [3.8, 4) is 11.6 Å². The van der Waals surface area contributed by atoms with Crippen molar-refractivity contribution in [2.45, 2.75) is 6.92 Å². The van der Waals surface area contributed by atoms with Gasteiger partial charge in [0, 0.05) is 11.5 Å². The monoisotopic (exact) mass is 378 g/mol. The van der Waals surface area contributed by atoms with Crippen molar-refractivity contribution in [3.05, 3.63) is 65.3 Å². The first-order chi connectivity index (χ1) is 13.7. The van der Waals surface area contributed by atoms with Gasteiger partial charge in [-0.3, -0.25) is 4.79 Å². The minimum atomic E-state index is -0.775. The lowest BCUT2D eigenvalue weighted by atomic mass is 10.1. The molecule has 1 N–H and O–H groups in total. The Bertz CT molecular complexity index is 1200. The molecule has 3 heterocycles. The Morgan fingerprint density at radius 1 is 1.25 bits per heavy atom. The average Bonchev–Trinajstić information content (AvgIpc) is 3.23. The van der Waals surface area contributed by atoms with Crippen LogP contribution in [0.3, 0.4) is 0 Å². The zero-order valence-electron chi connectivity index (χ0n) is 14.7. The van der Waals surface area contributed by atoms with Gasteiger partial charge in [0.25, 0.3) is 5.91 Å². The second-order valence-corrected chi connectivity index (χ2v) is 5.61. The van der Waals surface area contributed by atoms with Crippen molar-refractivity contribution in [3.63, 3.8) is 0 Å². The van der Waals surface area contributed by atoms with Crippen LogP contribution in [0.1, 0.15) is 17.3 Å². The molecule has 0 saturated carbocycles. The zero-order valence-corrected chi connectivity index (χ0v) is 14.7. The Balaban J connectivity index is 1.65. The van der Waals surface area contributed by atoms with E-state index in [-0.39, 0.29) is 11.4 Å². The van der Waals surface area contributed by atoms with E-state index in [0.29, 0.717) is 29.1 Å². The van der Waals surface area contributed by atoms with E-state index in [1.165, 1.54) is 35.8 Å². The van der Waals surface area contributed by atoms with Crippen molar-refractivity contribution < 1.29 is 13.9 Å². The average molecular weight is 378 g/mol. The highest BCUT2D eigenvalue weighted by Crippen LogP contribution is 2.25. The SMILES string of the molecule is CCOc1cccc2cc(C(=O)Nc3cc(-n4cncn4)ncn3)c(=O)oc12. The predicted octanol–water partition coefficient (Wildman–Crippen LogP) is 1.81. The van der Waals surface area contributed by atoms with E-state index in [4.69, 9.17) is 9.15 Å². The maximum atomic E-state index is 12.6. The Labute approximate surface area is 157 Å². The van der Waals surface area contributed by atoms with Gasteiger partial charge < -0.3 is 14.5 Å². The Hall–Kier alpha value is -4.08. The lowest BCUT2D eigenvalue weighted by Crippen LogP contribution is -2.21. The van der Waals surface area contributed by atoms with Gasteiger partial charge in [0.1, 0.15) is 30.4 Å². The van der Waals surface area contributed by atoms with E-state index in [2.05, 4.69) is 25.4 Å². The maximum absolute atomic E-state index is 12.6. The number of carbonyl (C=O) groups excluding carboxylic acids is 1. The molecule has 140 valence electrons. The molecule has 0 spiro atoms. The van der Waals surface area contributed by atoms with E-state index >= 15 is 0 Å². The van der Waals surface area contributed by atoms with Crippen LogP contribution in [0.25, 0.3) is 16.8 Å².